The van der Waals surface area contributed by atoms with Crippen molar-refractivity contribution >= 4 is 16.9 Å². The van der Waals surface area contributed by atoms with Crippen molar-refractivity contribution in [2.45, 2.75) is 33.3 Å². The maximum absolute atomic E-state index is 12.8. The fourth-order valence-corrected chi connectivity index (χ4v) is 4.03. The van der Waals surface area contributed by atoms with Crippen LogP contribution in [0.2, 0.25) is 0 Å². The first-order valence-corrected chi connectivity index (χ1v) is 9.34. The van der Waals surface area contributed by atoms with Crippen LogP contribution in [0.1, 0.15) is 45.5 Å². The fraction of sp³-hybridized carbons (Fsp3) is 0.429. The molecule has 1 aromatic carbocycles. The Balaban J connectivity index is 1.52. The molecule has 1 aliphatic rings. The predicted molar refractivity (Wildman–Crippen MR) is 103 cm³/mol. The zero-order chi connectivity index (χ0) is 19.1. The van der Waals surface area contributed by atoms with Crippen LogP contribution in [-0.2, 0) is 11.8 Å². The molecule has 0 saturated carbocycles. The molecule has 6 heteroatoms. The summed E-state index contributed by atoms with van der Waals surface area (Å²) in [6, 6.07) is 6.06. The molecular formula is C21H25N3O3. The summed E-state index contributed by atoms with van der Waals surface area (Å²) in [6.07, 6.45) is 2.64. The summed E-state index contributed by atoms with van der Waals surface area (Å²) in [4.78, 5) is 12.8. The van der Waals surface area contributed by atoms with Gasteiger partial charge in [-0.15, -0.1) is 0 Å². The van der Waals surface area contributed by atoms with Gasteiger partial charge >= 0.3 is 0 Å². The van der Waals surface area contributed by atoms with Gasteiger partial charge in [0.15, 0.2) is 5.76 Å². The van der Waals surface area contributed by atoms with E-state index in [1.807, 2.05) is 44.6 Å². The van der Waals surface area contributed by atoms with Gasteiger partial charge in [0.05, 0.1) is 5.69 Å². The zero-order valence-electron chi connectivity index (χ0n) is 16.2. The number of carbonyl (C=O) groups excluding carboxylic acids is 1. The molecule has 0 spiro atoms. The van der Waals surface area contributed by atoms with Crippen molar-refractivity contribution in [2.75, 3.05) is 13.2 Å². The smallest absolute Gasteiger partial charge is 0.287 e. The summed E-state index contributed by atoms with van der Waals surface area (Å²) in [6.45, 7) is 7.23. The molecule has 0 radical (unpaired) electrons. The number of aromatic nitrogens is 2. The average molecular weight is 367 g/mol. The number of nitrogens with one attached hydrogen (secondary N) is 1. The van der Waals surface area contributed by atoms with E-state index in [0.717, 1.165) is 39.8 Å². The van der Waals surface area contributed by atoms with E-state index in [1.165, 1.54) is 0 Å². The molecule has 1 saturated heterocycles. The van der Waals surface area contributed by atoms with E-state index in [9.17, 15) is 4.79 Å². The summed E-state index contributed by atoms with van der Waals surface area (Å²) >= 11 is 0. The average Bonchev–Trinajstić information content (AvgIpc) is 3.35. The van der Waals surface area contributed by atoms with Crippen LogP contribution in [0.4, 0.5) is 0 Å². The quantitative estimate of drug-likeness (QED) is 0.765. The highest BCUT2D eigenvalue weighted by molar-refractivity contribution is 6.00. The Morgan fingerprint density at radius 2 is 2.04 bits per heavy atom. The number of hydrogen-bond donors (Lipinski definition) is 1. The number of nitrogens with zero attached hydrogens (tertiary/aromatic N) is 2. The van der Waals surface area contributed by atoms with Crippen LogP contribution in [0, 0.1) is 26.7 Å². The molecule has 2 aromatic heterocycles. The Labute approximate surface area is 158 Å². The van der Waals surface area contributed by atoms with Crippen molar-refractivity contribution in [2.24, 2.45) is 13.0 Å². The molecule has 0 unspecified atom stereocenters. The van der Waals surface area contributed by atoms with Gasteiger partial charge in [-0.05, 0) is 44.4 Å². The first kappa shape index (κ1) is 17.8. The summed E-state index contributed by atoms with van der Waals surface area (Å²) in [5, 5.41) is 8.31. The van der Waals surface area contributed by atoms with E-state index >= 15 is 0 Å². The molecule has 142 valence electrons. The fourth-order valence-electron chi connectivity index (χ4n) is 4.03. The highest BCUT2D eigenvalue weighted by Gasteiger charge is 2.32. The molecule has 6 nitrogen and oxygen atoms in total. The van der Waals surface area contributed by atoms with Crippen molar-refractivity contribution in [3.63, 3.8) is 0 Å². The van der Waals surface area contributed by atoms with E-state index in [1.54, 1.807) is 6.20 Å². The van der Waals surface area contributed by atoms with Gasteiger partial charge in [0, 0.05) is 43.3 Å². The number of rotatable bonds is 4. The van der Waals surface area contributed by atoms with E-state index in [0.29, 0.717) is 18.9 Å². The summed E-state index contributed by atoms with van der Waals surface area (Å²) in [5.41, 5.74) is 4.90. The molecule has 0 bridgehead atoms. The number of carbonyl (C=O) groups is 1. The van der Waals surface area contributed by atoms with Gasteiger partial charge in [0.1, 0.15) is 11.7 Å². The van der Waals surface area contributed by atoms with Crippen molar-refractivity contribution in [3.8, 4) is 0 Å². The van der Waals surface area contributed by atoms with Crippen molar-refractivity contribution in [3.05, 3.63) is 52.5 Å². The first-order valence-electron chi connectivity index (χ1n) is 9.34. The van der Waals surface area contributed by atoms with Crippen LogP contribution >= 0.6 is 0 Å². The second-order valence-electron chi connectivity index (χ2n) is 7.39. The van der Waals surface area contributed by atoms with Gasteiger partial charge in [0.2, 0.25) is 0 Å². The number of ether oxygens (including phenoxy) is 1. The molecule has 27 heavy (non-hydrogen) atoms. The lowest BCUT2D eigenvalue weighted by atomic mass is 9.98. The number of fused-ring (bicyclic) bond motifs is 1. The van der Waals surface area contributed by atoms with Gasteiger partial charge in [-0.25, -0.2) is 0 Å². The summed E-state index contributed by atoms with van der Waals surface area (Å²) in [7, 11) is 1.91. The molecule has 2 atom stereocenters. The number of amides is 1. The third-order valence-corrected chi connectivity index (χ3v) is 5.58. The van der Waals surface area contributed by atoms with Gasteiger partial charge in [-0.2, -0.15) is 5.10 Å². The van der Waals surface area contributed by atoms with Gasteiger partial charge in [-0.3, -0.25) is 9.48 Å². The predicted octanol–water partition coefficient (Wildman–Crippen LogP) is 3.60. The van der Waals surface area contributed by atoms with Crippen LogP contribution in [0.15, 0.2) is 28.8 Å². The Kier molecular flexibility index (Phi) is 4.52. The van der Waals surface area contributed by atoms with Crippen LogP contribution in [-0.4, -0.2) is 28.8 Å². The Morgan fingerprint density at radius 3 is 2.74 bits per heavy atom. The minimum absolute atomic E-state index is 0.0425. The molecule has 3 heterocycles. The molecule has 1 amide bonds. The Bertz CT molecular complexity index is 1000. The van der Waals surface area contributed by atoms with Crippen LogP contribution < -0.4 is 5.32 Å². The lowest BCUT2D eigenvalue weighted by molar-refractivity contribution is 0.0792. The van der Waals surface area contributed by atoms with Crippen LogP contribution in [0.25, 0.3) is 11.0 Å². The monoisotopic (exact) mass is 367 g/mol. The van der Waals surface area contributed by atoms with E-state index in [2.05, 4.69) is 16.5 Å². The second-order valence-corrected chi connectivity index (χ2v) is 7.39. The number of benzene rings is 1. The van der Waals surface area contributed by atoms with Crippen molar-refractivity contribution in [1.82, 2.24) is 15.1 Å². The SMILES string of the molecule is Cc1ccc(C)c2c(C)c(C(=O)NC[C@@H]3CCO[C@H]3c3ccnn3C)oc12. The van der Waals surface area contributed by atoms with Crippen molar-refractivity contribution in [1.29, 1.82) is 0 Å². The number of hydrogen-bond acceptors (Lipinski definition) is 4. The van der Waals surface area contributed by atoms with E-state index in [4.69, 9.17) is 9.15 Å². The molecule has 1 fully saturated rings. The molecule has 4 rings (SSSR count). The standard InChI is InChI=1S/C21H25N3O3/c1-12-5-6-13(2)18-17(12)14(3)19(27-18)21(25)22-11-15-8-10-26-20(15)16-7-9-23-24(16)4/h5-7,9,15,20H,8,10-11H2,1-4H3,(H,22,25)/t15-,20+/m0/s1. The molecule has 0 aliphatic carbocycles. The number of aryl methyl sites for hydroxylation is 4. The largest absolute Gasteiger partial charge is 0.450 e. The maximum atomic E-state index is 12.8. The zero-order valence-corrected chi connectivity index (χ0v) is 16.2. The van der Waals surface area contributed by atoms with Gasteiger partial charge in [0.25, 0.3) is 5.91 Å². The minimum atomic E-state index is -0.168. The highest BCUT2D eigenvalue weighted by atomic mass is 16.5. The molecular weight excluding hydrogens is 342 g/mol. The third kappa shape index (κ3) is 3.04. The van der Waals surface area contributed by atoms with Crippen molar-refractivity contribution < 1.29 is 13.9 Å². The van der Waals surface area contributed by atoms with Crippen LogP contribution in [0.3, 0.4) is 0 Å². The molecule has 3 aromatic rings. The second kappa shape index (κ2) is 6.85. The van der Waals surface area contributed by atoms with E-state index in [-0.39, 0.29) is 17.9 Å². The topological polar surface area (TPSA) is 69.3 Å². The summed E-state index contributed by atoms with van der Waals surface area (Å²) in [5.74, 6) is 0.453. The number of furan rings is 1. The lowest BCUT2D eigenvalue weighted by Crippen LogP contribution is -2.31. The van der Waals surface area contributed by atoms with Gasteiger partial charge < -0.3 is 14.5 Å². The van der Waals surface area contributed by atoms with Crippen LogP contribution in [0.5, 0.6) is 0 Å². The summed E-state index contributed by atoms with van der Waals surface area (Å²) < 4.78 is 13.7. The first-order chi connectivity index (χ1) is 13.0. The third-order valence-electron chi connectivity index (χ3n) is 5.58. The molecule has 1 N–H and O–H groups in total. The minimum Gasteiger partial charge on any atom is -0.450 e. The van der Waals surface area contributed by atoms with E-state index < -0.39 is 0 Å². The normalized spacial score (nSPS) is 19.7. The Hall–Kier alpha value is -2.60. The lowest BCUT2D eigenvalue weighted by Gasteiger charge is -2.19. The van der Waals surface area contributed by atoms with Gasteiger partial charge in [-0.1, -0.05) is 12.1 Å². The Morgan fingerprint density at radius 1 is 1.26 bits per heavy atom. The highest BCUT2D eigenvalue weighted by Crippen LogP contribution is 2.34. The maximum Gasteiger partial charge on any atom is 0.287 e. The molecule has 1 aliphatic heterocycles.